The van der Waals surface area contributed by atoms with E-state index in [-0.39, 0.29) is 5.97 Å². The molecule has 0 N–H and O–H groups in total. The predicted molar refractivity (Wildman–Crippen MR) is 89.7 cm³/mol. The van der Waals surface area contributed by atoms with E-state index >= 15 is 0 Å². The van der Waals surface area contributed by atoms with Crippen LogP contribution in [0, 0.1) is 0 Å². The highest BCUT2D eigenvalue weighted by atomic mass is 35.5. The van der Waals surface area contributed by atoms with Crippen molar-refractivity contribution in [1.82, 2.24) is 9.97 Å². The van der Waals surface area contributed by atoms with Gasteiger partial charge >= 0.3 is 5.97 Å². The van der Waals surface area contributed by atoms with Crippen LogP contribution >= 0.6 is 11.6 Å². The van der Waals surface area contributed by atoms with Gasteiger partial charge in [0.2, 0.25) is 0 Å². The minimum Gasteiger partial charge on any atom is -0.476 e. The lowest BCUT2D eigenvalue weighted by Gasteiger charge is -2.18. The van der Waals surface area contributed by atoms with Gasteiger partial charge in [0, 0.05) is 12.4 Å². The second-order valence-corrected chi connectivity index (χ2v) is 5.69. The van der Waals surface area contributed by atoms with Gasteiger partial charge in [-0.1, -0.05) is 37.8 Å². The minimum atomic E-state index is -0.650. The molecule has 0 fully saturated rings. The SMILES string of the molecule is CCCCCCC(Oc1ccc(Cl)c2nccnc12)C(=O)OC. The Kier molecular flexibility index (Phi) is 6.59. The fourth-order valence-corrected chi connectivity index (χ4v) is 2.56. The van der Waals surface area contributed by atoms with Gasteiger partial charge in [0.25, 0.3) is 0 Å². The summed E-state index contributed by atoms with van der Waals surface area (Å²) < 4.78 is 10.7. The van der Waals surface area contributed by atoms with Crippen molar-refractivity contribution in [2.45, 2.75) is 45.1 Å². The number of nitrogens with zero attached hydrogens (tertiary/aromatic N) is 2. The first kappa shape index (κ1) is 17.5. The number of hydrogen-bond donors (Lipinski definition) is 0. The van der Waals surface area contributed by atoms with Crippen LogP contribution in [0.2, 0.25) is 5.02 Å². The zero-order chi connectivity index (χ0) is 16.7. The molecule has 0 spiro atoms. The van der Waals surface area contributed by atoms with E-state index < -0.39 is 6.10 Å². The van der Waals surface area contributed by atoms with E-state index in [1.165, 1.54) is 7.11 Å². The Bertz CT molecular complexity index is 663. The van der Waals surface area contributed by atoms with Gasteiger partial charge in [-0.05, 0) is 25.0 Å². The van der Waals surface area contributed by atoms with Crippen molar-refractivity contribution in [3.8, 4) is 5.75 Å². The summed E-state index contributed by atoms with van der Waals surface area (Å²) in [5, 5.41) is 0.498. The number of halogens is 1. The van der Waals surface area contributed by atoms with E-state index in [1.54, 1.807) is 24.5 Å². The molecule has 0 amide bonds. The van der Waals surface area contributed by atoms with E-state index in [4.69, 9.17) is 21.1 Å². The Hall–Kier alpha value is -1.88. The second kappa shape index (κ2) is 8.67. The Labute approximate surface area is 141 Å². The van der Waals surface area contributed by atoms with Crippen LogP contribution in [-0.2, 0) is 9.53 Å². The first-order valence-corrected chi connectivity index (χ1v) is 8.18. The molecule has 6 heteroatoms. The van der Waals surface area contributed by atoms with Crippen molar-refractivity contribution in [3.05, 3.63) is 29.5 Å². The average molecular weight is 337 g/mol. The molecule has 2 aromatic rings. The Morgan fingerprint density at radius 1 is 1.17 bits per heavy atom. The maximum absolute atomic E-state index is 12.0. The third-order valence-electron chi connectivity index (χ3n) is 3.59. The van der Waals surface area contributed by atoms with Crippen LogP contribution in [-0.4, -0.2) is 29.2 Å². The molecule has 23 heavy (non-hydrogen) atoms. The van der Waals surface area contributed by atoms with Crippen LogP contribution in [0.1, 0.15) is 39.0 Å². The van der Waals surface area contributed by atoms with Crippen molar-refractivity contribution >= 4 is 28.6 Å². The van der Waals surface area contributed by atoms with Crippen molar-refractivity contribution < 1.29 is 14.3 Å². The third kappa shape index (κ3) is 4.55. The molecule has 0 aliphatic rings. The molecular formula is C17H21ClN2O3. The summed E-state index contributed by atoms with van der Waals surface area (Å²) in [5.74, 6) is 0.108. The summed E-state index contributed by atoms with van der Waals surface area (Å²) in [6.45, 7) is 2.15. The Balaban J connectivity index is 2.19. The Morgan fingerprint density at radius 2 is 1.91 bits per heavy atom. The minimum absolute atomic E-state index is 0.381. The standard InChI is InChI=1S/C17H21ClN2O3/c1-3-4-5-6-7-14(17(21)22-2)23-13-9-8-12(18)15-16(13)20-11-10-19-15/h8-11,14H,3-7H2,1-2H3. The second-order valence-electron chi connectivity index (χ2n) is 5.28. The largest absolute Gasteiger partial charge is 0.476 e. The van der Waals surface area contributed by atoms with E-state index in [1.807, 2.05) is 0 Å². The number of rotatable bonds is 8. The molecule has 0 aliphatic heterocycles. The molecular weight excluding hydrogens is 316 g/mol. The van der Waals surface area contributed by atoms with Crippen LogP contribution < -0.4 is 4.74 Å². The van der Waals surface area contributed by atoms with Gasteiger partial charge in [-0.25, -0.2) is 9.78 Å². The van der Waals surface area contributed by atoms with Gasteiger partial charge in [-0.15, -0.1) is 0 Å². The lowest BCUT2D eigenvalue weighted by Crippen LogP contribution is -2.28. The predicted octanol–water partition coefficient (Wildman–Crippen LogP) is 4.17. The first-order chi connectivity index (χ1) is 11.2. The molecule has 0 aliphatic carbocycles. The molecule has 124 valence electrons. The summed E-state index contributed by atoms with van der Waals surface area (Å²) in [5.41, 5.74) is 1.10. The summed E-state index contributed by atoms with van der Waals surface area (Å²) in [4.78, 5) is 20.4. The fourth-order valence-electron chi connectivity index (χ4n) is 2.36. The number of hydrogen-bond acceptors (Lipinski definition) is 5. The van der Waals surface area contributed by atoms with E-state index in [0.717, 1.165) is 25.7 Å². The van der Waals surface area contributed by atoms with Gasteiger partial charge in [0.15, 0.2) is 6.10 Å². The summed E-state index contributed by atoms with van der Waals surface area (Å²) >= 11 is 6.12. The van der Waals surface area contributed by atoms with E-state index in [0.29, 0.717) is 28.2 Å². The fraction of sp³-hybridized carbons (Fsp3) is 0.471. The number of esters is 1. The van der Waals surface area contributed by atoms with Crippen molar-refractivity contribution in [3.63, 3.8) is 0 Å². The van der Waals surface area contributed by atoms with Gasteiger partial charge in [-0.3, -0.25) is 4.98 Å². The van der Waals surface area contributed by atoms with Gasteiger partial charge in [-0.2, -0.15) is 0 Å². The summed E-state index contributed by atoms with van der Waals surface area (Å²) in [7, 11) is 1.37. The zero-order valence-electron chi connectivity index (χ0n) is 13.4. The lowest BCUT2D eigenvalue weighted by atomic mass is 10.1. The van der Waals surface area contributed by atoms with Crippen molar-refractivity contribution in [2.75, 3.05) is 7.11 Å². The molecule has 0 saturated heterocycles. The first-order valence-electron chi connectivity index (χ1n) is 7.81. The molecule has 1 atom stereocenters. The summed E-state index contributed by atoms with van der Waals surface area (Å²) in [6.07, 6.45) is 7.35. The molecule has 5 nitrogen and oxygen atoms in total. The normalized spacial score (nSPS) is 12.1. The molecule has 1 aromatic heterocycles. The topological polar surface area (TPSA) is 61.3 Å². The number of fused-ring (bicyclic) bond motifs is 1. The number of methoxy groups -OCH3 is 1. The highest BCUT2D eigenvalue weighted by Gasteiger charge is 2.22. The van der Waals surface area contributed by atoms with Crippen LogP contribution in [0.15, 0.2) is 24.5 Å². The highest BCUT2D eigenvalue weighted by molar-refractivity contribution is 6.35. The molecule has 2 rings (SSSR count). The number of unbranched alkanes of at least 4 members (excludes halogenated alkanes) is 3. The zero-order valence-corrected chi connectivity index (χ0v) is 14.2. The van der Waals surface area contributed by atoms with Crippen LogP contribution in [0.3, 0.4) is 0 Å². The van der Waals surface area contributed by atoms with Gasteiger partial charge in [0.05, 0.1) is 12.1 Å². The van der Waals surface area contributed by atoms with Crippen LogP contribution in [0.4, 0.5) is 0 Å². The van der Waals surface area contributed by atoms with E-state index in [2.05, 4.69) is 16.9 Å². The number of carbonyl (C=O) groups is 1. The average Bonchev–Trinajstić information content (AvgIpc) is 2.59. The molecule has 1 heterocycles. The number of benzene rings is 1. The molecule has 0 bridgehead atoms. The van der Waals surface area contributed by atoms with Gasteiger partial charge < -0.3 is 9.47 Å². The van der Waals surface area contributed by atoms with Crippen molar-refractivity contribution in [1.29, 1.82) is 0 Å². The Morgan fingerprint density at radius 3 is 2.61 bits per heavy atom. The highest BCUT2D eigenvalue weighted by Crippen LogP contribution is 2.29. The lowest BCUT2D eigenvalue weighted by molar-refractivity contribution is -0.149. The maximum Gasteiger partial charge on any atom is 0.347 e. The van der Waals surface area contributed by atoms with Crippen LogP contribution in [0.25, 0.3) is 11.0 Å². The van der Waals surface area contributed by atoms with E-state index in [9.17, 15) is 4.79 Å². The summed E-state index contributed by atoms with van der Waals surface area (Å²) in [6, 6.07) is 3.40. The van der Waals surface area contributed by atoms with Crippen molar-refractivity contribution in [2.24, 2.45) is 0 Å². The number of ether oxygens (including phenoxy) is 2. The maximum atomic E-state index is 12.0. The number of aromatic nitrogens is 2. The number of carbonyl (C=O) groups excluding carboxylic acids is 1. The van der Waals surface area contributed by atoms with Crippen LogP contribution in [0.5, 0.6) is 5.75 Å². The molecule has 1 aromatic carbocycles. The van der Waals surface area contributed by atoms with Gasteiger partial charge in [0.1, 0.15) is 16.8 Å². The molecule has 1 unspecified atom stereocenters. The smallest absolute Gasteiger partial charge is 0.347 e. The monoisotopic (exact) mass is 336 g/mol. The quantitative estimate of drug-likeness (QED) is 0.534. The molecule has 0 saturated carbocycles. The molecule has 0 radical (unpaired) electrons. The third-order valence-corrected chi connectivity index (χ3v) is 3.90.